The lowest BCUT2D eigenvalue weighted by Gasteiger charge is -2.00. The first kappa shape index (κ1) is 10.3. The first-order chi connectivity index (χ1) is 4.91. The lowest BCUT2D eigenvalue weighted by atomic mass is 10.2. The quantitative estimate of drug-likeness (QED) is 0.455. The van der Waals surface area contributed by atoms with Gasteiger partial charge in [0.15, 0.2) is 0 Å². The molecule has 0 rings (SSSR count). The zero-order valence-corrected chi connectivity index (χ0v) is 7.97. The Labute approximate surface area is 69.0 Å². The molecule has 0 amide bonds. The molecule has 0 aliphatic heterocycles. The monoisotopic (exact) mass is 161 g/mol. The molecular formula is C8H19NS. The number of hydrogen-bond acceptors (Lipinski definition) is 2. The second kappa shape index (κ2) is 9.31. The second-order valence-corrected chi connectivity index (χ2v) is 3.36. The van der Waals surface area contributed by atoms with Crippen LogP contribution >= 0.6 is 11.8 Å². The minimum atomic E-state index is 1.10. The Kier molecular flexibility index (Phi) is 9.60. The van der Waals surface area contributed by atoms with Crippen LogP contribution in [0.15, 0.2) is 0 Å². The van der Waals surface area contributed by atoms with Gasteiger partial charge < -0.3 is 5.32 Å². The summed E-state index contributed by atoms with van der Waals surface area (Å²) in [5.41, 5.74) is 0. The van der Waals surface area contributed by atoms with Gasteiger partial charge in [-0.2, -0.15) is 0 Å². The van der Waals surface area contributed by atoms with Crippen molar-refractivity contribution in [2.45, 2.75) is 32.6 Å². The molecule has 0 saturated carbocycles. The highest BCUT2D eigenvalue weighted by atomic mass is 32.2. The zero-order chi connectivity index (χ0) is 7.66. The molecule has 0 heterocycles. The highest BCUT2D eigenvalue weighted by Crippen LogP contribution is 1.97. The average molecular weight is 161 g/mol. The second-order valence-electron chi connectivity index (χ2n) is 2.49. The van der Waals surface area contributed by atoms with Gasteiger partial charge in [-0.3, -0.25) is 0 Å². The van der Waals surface area contributed by atoms with Crippen LogP contribution in [0.1, 0.15) is 32.6 Å². The third kappa shape index (κ3) is 8.31. The summed E-state index contributed by atoms with van der Waals surface area (Å²) >= 11 is 1.85. The topological polar surface area (TPSA) is 12.0 Å². The van der Waals surface area contributed by atoms with Crippen LogP contribution in [0.3, 0.4) is 0 Å². The van der Waals surface area contributed by atoms with Crippen LogP contribution < -0.4 is 5.32 Å². The van der Waals surface area contributed by atoms with Gasteiger partial charge in [0.1, 0.15) is 0 Å². The van der Waals surface area contributed by atoms with Crippen molar-refractivity contribution in [2.75, 3.05) is 18.7 Å². The number of rotatable bonds is 7. The van der Waals surface area contributed by atoms with E-state index < -0.39 is 0 Å². The standard InChI is InChI=1S/C8H19NS/c1-3-4-5-6-7-9-8-10-2/h9H,3-8H2,1-2H3. The van der Waals surface area contributed by atoms with Gasteiger partial charge in [-0.25, -0.2) is 0 Å². The summed E-state index contributed by atoms with van der Waals surface area (Å²) in [5.74, 6) is 1.10. The van der Waals surface area contributed by atoms with E-state index in [1.807, 2.05) is 11.8 Å². The van der Waals surface area contributed by atoms with Crippen LogP contribution in [0, 0.1) is 0 Å². The summed E-state index contributed by atoms with van der Waals surface area (Å²) in [5, 5.41) is 3.36. The minimum absolute atomic E-state index is 1.10. The smallest absolute Gasteiger partial charge is 0.0415 e. The van der Waals surface area contributed by atoms with Crippen LogP contribution in [-0.2, 0) is 0 Å². The van der Waals surface area contributed by atoms with Gasteiger partial charge in [0.25, 0.3) is 0 Å². The van der Waals surface area contributed by atoms with Crippen molar-refractivity contribution in [3.63, 3.8) is 0 Å². The maximum atomic E-state index is 3.36. The molecule has 0 aromatic carbocycles. The van der Waals surface area contributed by atoms with Crippen LogP contribution in [0.2, 0.25) is 0 Å². The molecule has 0 radical (unpaired) electrons. The molecule has 0 aromatic rings. The molecule has 2 heteroatoms. The summed E-state index contributed by atoms with van der Waals surface area (Å²) in [6.45, 7) is 3.44. The van der Waals surface area contributed by atoms with Crippen molar-refractivity contribution >= 4 is 11.8 Å². The first-order valence-electron chi connectivity index (χ1n) is 4.11. The van der Waals surface area contributed by atoms with E-state index in [9.17, 15) is 0 Å². The summed E-state index contributed by atoms with van der Waals surface area (Å²) < 4.78 is 0. The molecule has 0 saturated heterocycles. The predicted molar refractivity (Wildman–Crippen MR) is 50.5 cm³/mol. The summed E-state index contributed by atoms with van der Waals surface area (Å²) in [6, 6.07) is 0. The molecule has 1 N–H and O–H groups in total. The van der Waals surface area contributed by atoms with E-state index in [4.69, 9.17) is 0 Å². The van der Waals surface area contributed by atoms with Crippen LogP contribution in [0.4, 0.5) is 0 Å². The van der Waals surface area contributed by atoms with Gasteiger partial charge in [-0.15, -0.1) is 11.8 Å². The zero-order valence-electron chi connectivity index (χ0n) is 7.15. The fraction of sp³-hybridized carbons (Fsp3) is 1.00. The van der Waals surface area contributed by atoms with Gasteiger partial charge in [0.2, 0.25) is 0 Å². The summed E-state index contributed by atoms with van der Waals surface area (Å²) in [6.07, 6.45) is 7.58. The Morgan fingerprint density at radius 1 is 1.20 bits per heavy atom. The first-order valence-corrected chi connectivity index (χ1v) is 5.50. The lowest BCUT2D eigenvalue weighted by molar-refractivity contribution is 0.630. The molecule has 0 bridgehead atoms. The summed E-state index contributed by atoms with van der Waals surface area (Å²) in [7, 11) is 0. The maximum absolute atomic E-state index is 3.36. The lowest BCUT2D eigenvalue weighted by Crippen LogP contribution is -2.13. The van der Waals surface area contributed by atoms with Gasteiger partial charge in [-0.1, -0.05) is 26.2 Å². The molecule has 62 valence electrons. The molecule has 0 aliphatic rings. The number of hydrogen-bond donors (Lipinski definition) is 1. The van der Waals surface area contributed by atoms with Crippen molar-refractivity contribution < 1.29 is 0 Å². The Balaban J connectivity index is 2.65. The Hall–Kier alpha value is 0.310. The van der Waals surface area contributed by atoms with E-state index in [0.717, 1.165) is 5.88 Å². The molecule has 0 fully saturated rings. The van der Waals surface area contributed by atoms with Crippen LogP contribution in [0.5, 0.6) is 0 Å². The summed E-state index contributed by atoms with van der Waals surface area (Å²) in [4.78, 5) is 0. The minimum Gasteiger partial charge on any atom is -0.308 e. The SMILES string of the molecule is CCCCCCNCSC. The largest absolute Gasteiger partial charge is 0.308 e. The van der Waals surface area contributed by atoms with Gasteiger partial charge in [0.05, 0.1) is 0 Å². The van der Waals surface area contributed by atoms with Gasteiger partial charge in [-0.05, 0) is 19.2 Å². The van der Waals surface area contributed by atoms with Crippen molar-refractivity contribution in [1.29, 1.82) is 0 Å². The van der Waals surface area contributed by atoms with Crippen molar-refractivity contribution in [3.8, 4) is 0 Å². The number of thioether (sulfide) groups is 1. The normalized spacial score (nSPS) is 10.2. The van der Waals surface area contributed by atoms with E-state index in [-0.39, 0.29) is 0 Å². The van der Waals surface area contributed by atoms with Crippen molar-refractivity contribution in [3.05, 3.63) is 0 Å². The average Bonchev–Trinajstić information content (AvgIpc) is 1.97. The molecule has 0 atom stereocenters. The molecule has 0 aliphatic carbocycles. The van der Waals surface area contributed by atoms with Crippen LogP contribution in [0.25, 0.3) is 0 Å². The Morgan fingerprint density at radius 2 is 2.00 bits per heavy atom. The molecule has 1 nitrogen and oxygen atoms in total. The molecule has 10 heavy (non-hydrogen) atoms. The number of nitrogens with one attached hydrogen (secondary N) is 1. The van der Waals surface area contributed by atoms with Gasteiger partial charge in [0, 0.05) is 5.88 Å². The third-order valence-electron chi connectivity index (χ3n) is 1.45. The van der Waals surface area contributed by atoms with E-state index >= 15 is 0 Å². The van der Waals surface area contributed by atoms with E-state index in [1.54, 1.807) is 0 Å². The number of unbranched alkanes of at least 4 members (excludes halogenated alkanes) is 3. The predicted octanol–water partition coefficient (Wildman–Crippen LogP) is 2.48. The molecular weight excluding hydrogens is 142 g/mol. The fourth-order valence-corrected chi connectivity index (χ4v) is 1.20. The van der Waals surface area contributed by atoms with E-state index in [0.29, 0.717) is 0 Å². The highest BCUT2D eigenvalue weighted by Gasteiger charge is 1.85. The Bertz CT molecular complexity index is 49.2. The maximum Gasteiger partial charge on any atom is 0.0415 e. The Morgan fingerprint density at radius 3 is 2.60 bits per heavy atom. The van der Waals surface area contributed by atoms with Crippen LogP contribution in [-0.4, -0.2) is 18.7 Å². The van der Waals surface area contributed by atoms with E-state index in [1.165, 1.54) is 32.2 Å². The van der Waals surface area contributed by atoms with E-state index in [2.05, 4.69) is 18.5 Å². The molecule has 0 unspecified atom stereocenters. The van der Waals surface area contributed by atoms with Gasteiger partial charge >= 0.3 is 0 Å². The van der Waals surface area contributed by atoms with Crippen molar-refractivity contribution in [2.24, 2.45) is 0 Å². The third-order valence-corrected chi connectivity index (χ3v) is 1.95. The fourth-order valence-electron chi connectivity index (χ4n) is 0.851. The molecule has 0 spiro atoms. The highest BCUT2D eigenvalue weighted by molar-refractivity contribution is 7.98. The molecule has 0 aromatic heterocycles. The van der Waals surface area contributed by atoms with Crippen molar-refractivity contribution in [1.82, 2.24) is 5.32 Å².